The highest BCUT2D eigenvalue weighted by Crippen LogP contribution is 2.21. The van der Waals surface area contributed by atoms with E-state index >= 15 is 0 Å². The summed E-state index contributed by atoms with van der Waals surface area (Å²) in [6.45, 7) is 4.11. The van der Waals surface area contributed by atoms with E-state index in [1.165, 1.54) is 12.1 Å². The molecule has 1 saturated heterocycles. The number of benzene rings is 2. The van der Waals surface area contributed by atoms with Gasteiger partial charge in [0.1, 0.15) is 11.6 Å². The highest BCUT2D eigenvalue weighted by atomic mass is 32.1. The lowest BCUT2D eigenvalue weighted by molar-refractivity contribution is 0.0904. The van der Waals surface area contributed by atoms with Crippen molar-refractivity contribution in [2.45, 2.75) is 32.4 Å². The first kappa shape index (κ1) is 22.2. The third-order valence-corrected chi connectivity index (χ3v) is 5.76. The normalized spacial score (nSPS) is 15.6. The van der Waals surface area contributed by atoms with E-state index in [4.69, 9.17) is 21.7 Å². The number of hydrogen-bond donors (Lipinski definition) is 2. The van der Waals surface area contributed by atoms with Gasteiger partial charge in [0.05, 0.1) is 19.3 Å². The van der Waals surface area contributed by atoms with E-state index < -0.39 is 0 Å². The Kier molecular flexibility index (Phi) is 7.02. The lowest BCUT2D eigenvalue weighted by Gasteiger charge is -2.28. The van der Waals surface area contributed by atoms with Crippen molar-refractivity contribution in [2.75, 3.05) is 25.1 Å². The first-order chi connectivity index (χ1) is 15.5. The van der Waals surface area contributed by atoms with Crippen molar-refractivity contribution in [2.24, 2.45) is 0 Å². The molecule has 6 nitrogen and oxygen atoms in total. The topological polar surface area (TPSA) is 66.6 Å². The molecule has 32 heavy (non-hydrogen) atoms. The van der Waals surface area contributed by atoms with Gasteiger partial charge in [-0.25, -0.2) is 4.39 Å². The highest BCUT2D eigenvalue weighted by molar-refractivity contribution is 7.80. The van der Waals surface area contributed by atoms with Crippen LogP contribution in [-0.2, 0) is 11.3 Å². The number of anilines is 1. The standard InChI is InChI=1S/C24H26FN3O3S/c1-2-30-20-9-10-22-16(13-20)12-17(23(29)27-22)14-28(15-21-4-3-11-31-21)24(32)26-19-7-5-18(25)6-8-19/h5-10,12-13,21H,2-4,11,14-15H2,1H3,(H,26,32)(H,27,29)/t21-/m1/s1. The Labute approximate surface area is 191 Å². The van der Waals surface area contributed by atoms with Crippen LogP contribution in [0, 0.1) is 5.82 Å². The third-order valence-electron chi connectivity index (χ3n) is 5.40. The Morgan fingerprint density at radius 1 is 1.28 bits per heavy atom. The van der Waals surface area contributed by atoms with Crippen molar-refractivity contribution in [3.8, 4) is 5.75 Å². The summed E-state index contributed by atoms with van der Waals surface area (Å²) in [5.74, 6) is 0.439. The van der Waals surface area contributed by atoms with E-state index in [1.54, 1.807) is 12.1 Å². The summed E-state index contributed by atoms with van der Waals surface area (Å²) in [5.41, 5.74) is 1.86. The lowest BCUT2D eigenvalue weighted by Crippen LogP contribution is -2.40. The Morgan fingerprint density at radius 2 is 2.09 bits per heavy atom. The van der Waals surface area contributed by atoms with Gasteiger partial charge < -0.3 is 24.7 Å². The number of nitrogens with zero attached hydrogens (tertiary/aromatic N) is 1. The molecule has 0 saturated carbocycles. The minimum absolute atomic E-state index is 0.0482. The molecule has 0 amide bonds. The van der Waals surface area contributed by atoms with Crippen LogP contribution >= 0.6 is 12.2 Å². The van der Waals surface area contributed by atoms with Gasteiger partial charge in [0.2, 0.25) is 0 Å². The fourth-order valence-electron chi connectivity index (χ4n) is 3.80. The van der Waals surface area contributed by atoms with E-state index in [0.29, 0.717) is 36.1 Å². The van der Waals surface area contributed by atoms with Crippen LogP contribution in [0.15, 0.2) is 53.3 Å². The molecule has 0 spiro atoms. The summed E-state index contributed by atoms with van der Waals surface area (Å²) in [5, 5.41) is 4.49. The van der Waals surface area contributed by atoms with E-state index in [1.807, 2.05) is 36.1 Å². The average Bonchev–Trinajstić information content (AvgIpc) is 3.29. The molecule has 3 aromatic rings. The number of halogens is 1. The number of H-pyrrole nitrogens is 1. The summed E-state index contributed by atoms with van der Waals surface area (Å²) >= 11 is 5.65. The van der Waals surface area contributed by atoms with Gasteiger partial charge in [-0.3, -0.25) is 4.79 Å². The Balaban J connectivity index is 1.59. The van der Waals surface area contributed by atoms with E-state index in [9.17, 15) is 9.18 Å². The Morgan fingerprint density at radius 3 is 2.81 bits per heavy atom. The molecule has 1 atom stereocenters. The Hall–Kier alpha value is -2.97. The van der Waals surface area contributed by atoms with Gasteiger partial charge in [-0.05, 0) is 80.5 Å². The summed E-state index contributed by atoms with van der Waals surface area (Å²) in [6.07, 6.45) is 2.00. The quantitative estimate of drug-likeness (QED) is 0.514. The molecule has 2 heterocycles. The van der Waals surface area contributed by atoms with Crippen molar-refractivity contribution >= 4 is 33.9 Å². The van der Waals surface area contributed by atoms with Crippen LogP contribution in [0.1, 0.15) is 25.3 Å². The van der Waals surface area contributed by atoms with E-state index in [-0.39, 0.29) is 17.5 Å². The maximum Gasteiger partial charge on any atom is 0.253 e. The zero-order valence-corrected chi connectivity index (χ0v) is 18.7. The zero-order valence-electron chi connectivity index (χ0n) is 17.9. The minimum atomic E-state index is -0.313. The second-order valence-electron chi connectivity index (χ2n) is 7.76. The molecule has 1 fully saturated rings. The molecule has 8 heteroatoms. The maximum atomic E-state index is 13.3. The van der Waals surface area contributed by atoms with Crippen molar-refractivity contribution in [1.29, 1.82) is 0 Å². The van der Waals surface area contributed by atoms with Gasteiger partial charge in [0, 0.05) is 35.3 Å². The number of thiocarbonyl (C=S) groups is 1. The smallest absolute Gasteiger partial charge is 0.253 e. The second kappa shape index (κ2) is 10.1. The van der Waals surface area contributed by atoms with Crippen LogP contribution in [0.4, 0.5) is 10.1 Å². The van der Waals surface area contributed by atoms with Crippen LogP contribution in [0.5, 0.6) is 5.75 Å². The largest absolute Gasteiger partial charge is 0.494 e. The molecule has 1 aliphatic heterocycles. The lowest BCUT2D eigenvalue weighted by atomic mass is 10.1. The fraction of sp³-hybridized carbons (Fsp3) is 0.333. The molecule has 0 unspecified atom stereocenters. The zero-order chi connectivity index (χ0) is 22.5. The molecular formula is C24H26FN3O3S. The molecule has 4 rings (SSSR count). The average molecular weight is 456 g/mol. The molecule has 0 aliphatic carbocycles. The summed E-state index contributed by atoms with van der Waals surface area (Å²) in [7, 11) is 0. The first-order valence-corrected chi connectivity index (χ1v) is 11.1. The number of nitrogens with one attached hydrogen (secondary N) is 2. The van der Waals surface area contributed by atoms with Crippen molar-refractivity contribution < 1.29 is 13.9 Å². The summed E-state index contributed by atoms with van der Waals surface area (Å²) in [6, 6.07) is 13.5. The number of ether oxygens (including phenoxy) is 2. The molecule has 1 aliphatic rings. The number of aromatic nitrogens is 1. The SMILES string of the molecule is CCOc1ccc2[nH]c(=O)c(CN(C[C@H]3CCCO3)C(=S)Nc3ccc(F)cc3)cc2c1. The second-order valence-corrected chi connectivity index (χ2v) is 8.15. The number of rotatable bonds is 7. The monoisotopic (exact) mass is 455 g/mol. The van der Waals surface area contributed by atoms with Crippen LogP contribution in [-0.4, -0.2) is 40.9 Å². The van der Waals surface area contributed by atoms with Crippen molar-refractivity contribution in [1.82, 2.24) is 9.88 Å². The maximum absolute atomic E-state index is 13.3. The highest BCUT2D eigenvalue weighted by Gasteiger charge is 2.22. The van der Waals surface area contributed by atoms with Gasteiger partial charge in [0.15, 0.2) is 5.11 Å². The molecular weight excluding hydrogens is 429 g/mol. The van der Waals surface area contributed by atoms with Gasteiger partial charge in [-0.2, -0.15) is 0 Å². The summed E-state index contributed by atoms with van der Waals surface area (Å²) in [4.78, 5) is 17.7. The van der Waals surface area contributed by atoms with Crippen LogP contribution in [0.3, 0.4) is 0 Å². The van der Waals surface area contributed by atoms with Crippen LogP contribution in [0.25, 0.3) is 10.9 Å². The van der Waals surface area contributed by atoms with E-state index in [0.717, 1.165) is 36.1 Å². The minimum Gasteiger partial charge on any atom is -0.494 e. The van der Waals surface area contributed by atoms with Crippen LogP contribution < -0.4 is 15.6 Å². The van der Waals surface area contributed by atoms with Gasteiger partial charge in [-0.15, -0.1) is 0 Å². The first-order valence-electron chi connectivity index (χ1n) is 10.7. The van der Waals surface area contributed by atoms with Gasteiger partial charge >= 0.3 is 0 Å². The number of aromatic amines is 1. The number of pyridine rings is 1. The van der Waals surface area contributed by atoms with Gasteiger partial charge in [-0.1, -0.05) is 0 Å². The Bertz CT molecular complexity index is 1140. The summed E-state index contributed by atoms with van der Waals surface area (Å²) < 4.78 is 24.6. The van der Waals surface area contributed by atoms with E-state index in [2.05, 4.69) is 10.3 Å². The van der Waals surface area contributed by atoms with Crippen molar-refractivity contribution in [3.05, 3.63) is 70.3 Å². The third kappa shape index (κ3) is 5.44. The van der Waals surface area contributed by atoms with Gasteiger partial charge in [0.25, 0.3) is 5.56 Å². The molecule has 2 aromatic carbocycles. The van der Waals surface area contributed by atoms with Crippen molar-refractivity contribution in [3.63, 3.8) is 0 Å². The molecule has 0 bridgehead atoms. The molecule has 0 radical (unpaired) electrons. The molecule has 2 N–H and O–H groups in total. The van der Waals surface area contributed by atoms with Crippen LogP contribution in [0.2, 0.25) is 0 Å². The molecule has 168 valence electrons. The number of fused-ring (bicyclic) bond motifs is 1. The number of hydrogen-bond acceptors (Lipinski definition) is 4. The predicted octanol–water partition coefficient (Wildman–Crippen LogP) is 4.44. The fourth-order valence-corrected chi connectivity index (χ4v) is 4.06. The predicted molar refractivity (Wildman–Crippen MR) is 128 cm³/mol. The molecule has 1 aromatic heterocycles.